The zero-order valence-corrected chi connectivity index (χ0v) is 10.5. The van der Waals surface area contributed by atoms with Crippen LogP contribution in [-0.2, 0) is 0 Å². The normalized spacial score (nSPS) is 10.6. The molecule has 4 heteroatoms. The van der Waals surface area contributed by atoms with Crippen LogP contribution in [0.3, 0.4) is 0 Å². The van der Waals surface area contributed by atoms with Crippen molar-refractivity contribution in [1.82, 2.24) is 15.0 Å². The third-order valence-corrected chi connectivity index (χ3v) is 3.04. The van der Waals surface area contributed by atoms with Gasteiger partial charge in [0.2, 0.25) is 0 Å². The quantitative estimate of drug-likeness (QED) is 0.761. The summed E-state index contributed by atoms with van der Waals surface area (Å²) in [6.45, 7) is 2.04. The molecule has 0 fully saturated rings. The Hall–Kier alpha value is -2.62. The summed E-state index contributed by atoms with van der Waals surface area (Å²) >= 11 is 0. The average Bonchev–Trinajstić information content (AvgIpc) is 2.89. The van der Waals surface area contributed by atoms with Crippen LogP contribution in [0.1, 0.15) is 5.56 Å². The topological polar surface area (TPSA) is 50.9 Å². The number of aryl methyl sites for hydroxylation is 1. The van der Waals surface area contributed by atoms with Gasteiger partial charge in [-0.05, 0) is 24.6 Å². The summed E-state index contributed by atoms with van der Waals surface area (Å²) < 4.78 is 1.58. The van der Waals surface area contributed by atoms with Crippen molar-refractivity contribution < 1.29 is 5.11 Å². The molecule has 0 saturated heterocycles. The van der Waals surface area contributed by atoms with Crippen LogP contribution in [-0.4, -0.2) is 20.1 Å². The van der Waals surface area contributed by atoms with E-state index in [-0.39, 0.29) is 5.75 Å². The SMILES string of the molecule is Cc1ccccc1-c1cn(-c2ccccc2O)nn1. The minimum absolute atomic E-state index is 0.184. The molecule has 0 bridgehead atoms. The first-order chi connectivity index (χ1) is 9.25. The third-order valence-electron chi connectivity index (χ3n) is 3.04. The van der Waals surface area contributed by atoms with Gasteiger partial charge in [-0.25, -0.2) is 4.68 Å². The van der Waals surface area contributed by atoms with Crippen LogP contribution in [0.25, 0.3) is 16.9 Å². The number of aromatic nitrogens is 3. The minimum Gasteiger partial charge on any atom is -0.506 e. The molecular formula is C15H13N3O. The lowest BCUT2D eigenvalue weighted by atomic mass is 10.1. The van der Waals surface area contributed by atoms with E-state index < -0.39 is 0 Å². The Kier molecular flexibility index (Phi) is 2.76. The van der Waals surface area contributed by atoms with Gasteiger partial charge in [0, 0.05) is 5.56 Å². The molecule has 0 radical (unpaired) electrons. The fourth-order valence-electron chi connectivity index (χ4n) is 2.02. The molecule has 2 aromatic carbocycles. The fourth-order valence-corrected chi connectivity index (χ4v) is 2.02. The largest absolute Gasteiger partial charge is 0.506 e. The number of phenolic OH excluding ortho intramolecular Hbond substituents is 1. The van der Waals surface area contributed by atoms with Gasteiger partial charge in [0.05, 0.1) is 6.20 Å². The summed E-state index contributed by atoms with van der Waals surface area (Å²) in [6, 6.07) is 15.1. The van der Waals surface area contributed by atoms with Crippen molar-refractivity contribution in [3.8, 4) is 22.7 Å². The molecule has 0 atom stereocenters. The molecule has 0 spiro atoms. The highest BCUT2D eigenvalue weighted by molar-refractivity contribution is 5.62. The second-order valence-electron chi connectivity index (χ2n) is 4.35. The van der Waals surface area contributed by atoms with Crippen LogP contribution in [0.5, 0.6) is 5.75 Å². The number of rotatable bonds is 2. The van der Waals surface area contributed by atoms with Crippen LogP contribution < -0.4 is 0 Å². The molecule has 0 saturated carbocycles. The Balaban J connectivity index is 2.06. The number of hydrogen-bond acceptors (Lipinski definition) is 3. The molecule has 0 aliphatic heterocycles. The Bertz CT molecular complexity index is 659. The highest BCUT2D eigenvalue weighted by Crippen LogP contribution is 2.24. The maximum atomic E-state index is 9.81. The molecule has 0 aliphatic rings. The van der Waals surface area contributed by atoms with Gasteiger partial charge in [-0.15, -0.1) is 5.10 Å². The second-order valence-corrected chi connectivity index (χ2v) is 4.35. The van der Waals surface area contributed by atoms with Crippen LogP contribution in [0.15, 0.2) is 54.7 Å². The lowest BCUT2D eigenvalue weighted by Gasteiger charge is -2.02. The minimum atomic E-state index is 0.184. The van der Waals surface area contributed by atoms with E-state index in [1.807, 2.05) is 43.5 Å². The molecule has 0 amide bonds. The molecule has 3 rings (SSSR count). The summed E-state index contributed by atoms with van der Waals surface area (Å²) in [5, 5.41) is 18.0. The van der Waals surface area contributed by atoms with Gasteiger partial charge < -0.3 is 5.11 Å². The van der Waals surface area contributed by atoms with E-state index in [9.17, 15) is 5.11 Å². The van der Waals surface area contributed by atoms with Gasteiger partial charge in [-0.1, -0.05) is 41.6 Å². The Labute approximate surface area is 111 Å². The smallest absolute Gasteiger partial charge is 0.141 e. The standard InChI is InChI=1S/C15H13N3O/c1-11-6-2-3-7-12(11)13-10-18(17-16-13)14-8-4-5-9-15(14)19/h2-10,19H,1H3. The van der Waals surface area contributed by atoms with Crippen molar-refractivity contribution in [2.75, 3.05) is 0 Å². The second kappa shape index (κ2) is 4.57. The Morgan fingerprint density at radius 3 is 2.53 bits per heavy atom. The van der Waals surface area contributed by atoms with Crippen molar-refractivity contribution >= 4 is 0 Å². The van der Waals surface area contributed by atoms with Crippen LogP contribution >= 0.6 is 0 Å². The molecule has 1 heterocycles. The van der Waals surface area contributed by atoms with Gasteiger partial charge >= 0.3 is 0 Å². The van der Waals surface area contributed by atoms with Crippen LogP contribution in [0, 0.1) is 6.92 Å². The Morgan fingerprint density at radius 1 is 1.00 bits per heavy atom. The summed E-state index contributed by atoms with van der Waals surface area (Å²) in [5.41, 5.74) is 3.60. The zero-order valence-electron chi connectivity index (χ0n) is 10.5. The number of hydrogen-bond donors (Lipinski definition) is 1. The predicted molar refractivity (Wildman–Crippen MR) is 73.2 cm³/mol. The molecule has 3 aromatic rings. The highest BCUT2D eigenvalue weighted by atomic mass is 16.3. The van der Waals surface area contributed by atoms with Gasteiger partial charge in [-0.2, -0.15) is 0 Å². The van der Waals surface area contributed by atoms with E-state index in [1.54, 1.807) is 22.9 Å². The average molecular weight is 251 g/mol. The summed E-state index contributed by atoms with van der Waals surface area (Å²) in [6.07, 6.45) is 1.82. The van der Waals surface area contributed by atoms with Crippen molar-refractivity contribution in [2.45, 2.75) is 6.92 Å². The molecule has 4 nitrogen and oxygen atoms in total. The van der Waals surface area contributed by atoms with Crippen LogP contribution in [0.4, 0.5) is 0 Å². The third kappa shape index (κ3) is 2.08. The number of nitrogens with zero attached hydrogens (tertiary/aromatic N) is 3. The van der Waals surface area contributed by atoms with Gasteiger partial charge in [0.15, 0.2) is 0 Å². The first-order valence-electron chi connectivity index (χ1n) is 6.02. The van der Waals surface area contributed by atoms with Crippen molar-refractivity contribution in [1.29, 1.82) is 0 Å². The van der Waals surface area contributed by atoms with E-state index >= 15 is 0 Å². The number of aromatic hydroxyl groups is 1. The lowest BCUT2D eigenvalue weighted by Crippen LogP contribution is -1.94. The summed E-state index contributed by atoms with van der Waals surface area (Å²) in [7, 11) is 0. The number of para-hydroxylation sites is 2. The monoisotopic (exact) mass is 251 g/mol. The number of benzene rings is 2. The predicted octanol–water partition coefficient (Wildman–Crippen LogP) is 2.95. The zero-order chi connectivity index (χ0) is 13.2. The molecule has 1 N–H and O–H groups in total. The first-order valence-corrected chi connectivity index (χ1v) is 6.02. The van der Waals surface area contributed by atoms with E-state index in [4.69, 9.17) is 0 Å². The van der Waals surface area contributed by atoms with Gasteiger partial charge in [0.1, 0.15) is 17.1 Å². The van der Waals surface area contributed by atoms with Gasteiger partial charge in [0.25, 0.3) is 0 Å². The maximum absolute atomic E-state index is 9.81. The number of phenols is 1. The van der Waals surface area contributed by atoms with E-state index in [2.05, 4.69) is 10.3 Å². The molecule has 19 heavy (non-hydrogen) atoms. The van der Waals surface area contributed by atoms with Crippen molar-refractivity contribution in [2.24, 2.45) is 0 Å². The molecule has 94 valence electrons. The van der Waals surface area contributed by atoms with E-state index in [0.29, 0.717) is 5.69 Å². The van der Waals surface area contributed by atoms with Gasteiger partial charge in [-0.3, -0.25) is 0 Å². The fraction of sp³-hybridized carbons (Fsp3) is 0.0667. The van der Waals surface area contributed by atoms with E-state index in [0.717, 1.165) is 16.8 Å². The molecule has 0 aliphatic carbocycles. The summed E-state index contributed by atoms with van der Waals surface area (Å²) in [5.74, 6) is 0.184. The van der Waals surface area contributed by atoms with Crippen molar-refractivity contribution in [3.05, 3.63) is 60.3 Å². The molecule has 0 unspecified atom stereocenters. The lowest BCUT2D eigenvalue weighted by molar-refractivity contribution is 0.470. The van der Waals surface area contributed by atoms with Crippen molar-refractivity contribution in [3.63, 3.8) is 0 Å². The van der Waals surface area contributed by atoms with E-state index in [1.165, 1.54) is 0 Å². The Morgan fingerprint density at radius 2 is 1.74 bits per heavy atom. The molecular weight excluding hydrogens is 238 g/mol. The highest BCUT2D eigenvalue weighted by Gasteiger charge is 2.09. The first kappa shape index (κ1) is 11.5. The maximum Gasteiger partial charge on any atom is 0.141 e. The summed E-state index contributed by atoms with van der Waals surface area (Å²) in [4.78, 5) is 0. The van der Waals surface area contributed by atoms with Crippen LogP contribution in [0.2, 0.25) is 0 Å². The molecule has 1 aromatic heterocycles.